The first kappa shape index (κ1) is 21.2. The predicted octanol–water partition coefficient (Wildman–Crippen LogP) is 4.45. The van der Waals surface area contributed by atoms with Crippen LogP contribution in [0.1, 0.15) is 62.1 Å². The maximum Gasteiger partial charge on any atom is 0.252 e. The first-order valence-electron chi connectivity index (χ1n) is 11.0. The SMILES string of the molecule is CCOc1ccccc1OC1CCCC1NC(=O)c1cc(C)nc2c1cnn2C(C)C. The molecule has 0 bridgehead atoms. The van der Waals surface area contributed by atoms with Crippen molar-refractivity contribution in [1.29, 1.82) is 0 Å². The lowest BCUT2D eigenvalue weighted by atomic mass is 10.1. The maximum atomic E-state index is 13.3. The Balaban J connectivity index is 1.55. The van der Waals surface area contributed by atoms with Crippen LogP contribution in [0.25, 0.3) is 11.0 Å². The molecule has 1 saturated carbocycles. The van der Waals surface area contributed by atoms with E-state index in [1.165, 1.54) is 0 Å². The average Bonchev–Trinajstić information content (AvgIpc) is 3.36. The van der Waals surface area contributed by atoms with Crippen LogP contribution < -0.4 is 14.8 Å². The van der Waals surface area contributed by atoms with Gasteiger partial charge in [-0.1, -0.05) is 12.1 Å². The Kier molecular flexibility index (Phi) is 6.11. The summed E-state index contributed by atoms with van der Waals surface area (Å²) in [4.78, 5) is 17.9. The first-order chi connectivity index (χ1) is 15.0. The lowest BCUT2D eigenvalue weighted by molar-refractivity contribution is 0.0893. The number of nitrogens with one attached hydrogen (secondary N) is 1. The fourth-order valence-electron chi connectivity index (χ4n) is 4.17. The summed E-state index contributed by atoms with van der Waals surface area (Å²) in [5, 5.41) is 8.42. The number of hydrogen-bond acceptors (Lipinski definition) is 5. The van der Waals surface area contributed by atoms with Crippen molar-refractivity contribution in [3.05, 3.63) is 47.8 Å². The minimum absolute atomic E-state index is 0.0640. The summed E-state index contributed by atoms with van der Waals surface area (Å²) in [6.07, 6.45) is 4.41. The van der Waals surface area contributed by atoms with Gasteiger partial charge in [-0.2, -0.15) is 5.10 Å². The molecule has 0 saturated heterocycles. The molecule has 4 rings (SSSR count). The Hall–Kier alpha value is -3.09. The van der Waals surface area contributed by atoms with Crippen LogP contribution in [-0.2, 0) is 0 Å². The van der Waals surface area contributed by atoms with Crippen molar-refractivity contribution in [2.45, 2.75) is 65.1 Å². The molecule has 2 atom stereocenters. The molecule has 1 N–H and O–H groups in total. The van der Waals surface area contributed by atoms with Gasteiger partial charge in [-0.25, -0.2) is 9.67 Å². The summed E-state index contributed by atoms with van der Waals surface area (Å²) in [7, 11) is 0. The van der Waals surface area contributed by atoms with Crippen molar-refractivity contribution in [2.75, 3.05) is 6.61 Å². The van der Waals surface area contributed by atoms with Gasteiger partial charge < -0.3 is 14.8 Å². The summed E-state index contributed by atoms with van der Waals surface area (Å²) >= 11 is 0. The van der Waals surface area contributed by atoms with E-state index in [0.29, 0.717) is 12.2 Å². The molecule has 2 heterocycles. The molecular formula is C24H30N4O3. The molecule has 0 spiro atoms. The fraction of sp³-hybridized carbons (Fsp3) is 0.458. The van der Waals surface area contributed by atoms with Crippen molar-refractivity contribution >= 4 is 16.9 Å². The second-order valence-corrected chi connectivity index (χ2v) is 8.28. The third-order valence-corrected chi connectivity index (χ3v) is 5.62. The largest absolute Gasteiger partial charge is 0.490 e. The molecule has 0 radical (unpaired) electrons. The van der Waals surface area contributed by atoms with Crippen LogP contribution >= 0.6 is 0 Å². The van der Waals surface area contributed by atoms with E-state index in [0.717, 1.165) is 47.5 Å². The number of hydrogen-bond donors (Lipinski definition) is 1. The standard InChI is InChI=1S/C24H30N4O3/c1-5-30-21-10-6-7-11-22(21)31-20-12-8-9-19(20)27-24(29)17-13-16(4)26-23-18(17)14-25-28(23)15(2)3/h6-7,10-11,13-15,19-20H,5,8-9,12H2,1-4H3,(H,27,29). The van der Waals surface area contributed by atoms with Crippen molar-refractivity contribution in [3.8, 4) is 11.5 Å². The molecule has 1 amide bonds. The van der Waals surface area contributed by atoms with Crippen molar-refractivity contribution < 1.29 is 14.3 Å². The number of pyridine rings is 1. The van der Waals surface area contributed by atoms with Gasteiger partial charge in [0.1, 0.15) is 6.10 Å². The topological polar surface area (TPSA) is 78.3 Å². The van der Waals surface area contributed by atoms with Gasteiger partial charge in [0.25, 0.3) is 5.91 Å². The molecule has 1 aromatic carbocycles. The van der Waals surface area contributed by atoms with E-state index in [9.17, 15) is 4.79 Å². The molecule has 164 valence electrons. The lowest BCUT2D eigenvalue weighted by Crippen LogP contribution is -2.42. The van der Waals surface area contributed by atoms with Gasteiger partial charge in [0.2, 0.25) is 0 Å². The Bertz CT molecular complexity index is 1080. The zero-order valence-electron chi connectivity index (χ0n) is 18.6. The molecule has 2 unspecified atom stereocenters. The number of para-hydroxylation sites is 2. The van der Waals surface area contributed by atoms with Crippen molar-refractivity contribution in [2.24, 2.45) is 0 Å². The van der Waals surface area contributed by atoms with Gasteiger partial charge >= 0.3 is 0 Å². The minimum atomic E-state index is -0.114. The first-order valence-corrected chi connectivity index (χ1v) is 11.0. The van der Waals surface area contributed by atoms with Crippen molar-refractivity contribution in [3.63, 3.8) is 0 Å². The molecule has 31 heavy (non-hydrogen) atoms. The smallest absolute Gasteiger partial charge is 0.252 e. The molecule has 1 aliphatic rings. The minimum Gasteiger partial charge on any atom is -0.490 e. The summed E-state index contributed by atoms with van der Waals surface area (Å²) < 4.78 is 13.8. The number of nitrogens with zero attached hydrogens (tertiary/aromatic N) is 3. The quantitative estimate of drug-likeness (QED) is 0.609. The molecular weight excluding hydrogens is 392 g/mol. The normalized spacial score (nSPS) is 18.5. The van der Waals surface area contributed by atoms with Crippen LogP contribution in [0.5, 0.6) is 11.5 Å². The van der Waals surface area contributed by atoms with Gasteiger partial charge in [0, 0.05) is 11.7 Å². The number of ether oxygens (including phenoxy) is 2. The summed E-state index contributed by atoms with van der Waals surface area (Å²) in [5.41, 5.74) is 2.14. The summed E-state index contributed by atoms with van der Waals surface area (Å²) in [6, 6.07) is 9.62. The Morgan fingerprint density at radius 2 is 2.03 bits per heavy atom. The van der Waals surface area contributed by atoms with Crippen LogP contribution in [0.3, 0.4) is 0 Å². The van der Waals surface area contributed by atoms with Crippen LogP contribution in [0.4, 0.5) is 0 Å². The van der Waals surface area contributed by atoms with Gasteiger partial charge in [-0.3, -0.25) is 4.79 Å². The highest BCUT2D eigenvalue weighted by Crippen LogP contribution is 2.32. The maximum absolute atomic E-state index is 13.3. The second-order valence-electron chi connectivity index (χ2n) is 8.28. The van der Waals surface area contributed by atoms with Crippen LogP contribution in [-0.4, -0.2) is 39.4 Å². The second kappa shape index (κ2) is 8.96. The molecule has 3 aromatic rings. The van der Waals surface area contributed by atoms with Crippen molar-refractivity contribution in [1.82, 2.24) is 20.1 Å². The molecule has 0 aliphatic heterocycles. The molecule has 7 nitrogen and oxygen atoms in total. The summed E-state index contributed by atoms with van der Waals surface area (Å²) in [6.45, 7) is 8.54. The van der Waals surface area contributed by atoms with E-state index in [-0.39, 0.29) is 24.1 Å². The van der Waals surface area contributed by atoms with Gasteiger partial charge in [-0.15, -0.1) is 0 Å². The number of carbonyl (C=O) groups is 1. The zero-order valence-corrected chi connectivity index (χ0v) is 18.6. The summed E-state index contributed by atoms with van der Waals surface area (Å²) in [5.74, 6) is 1.34. The van der Waals surface area contributed by atoms with Crippen LogP contribution in [0.2, 0.25) is 0 Å². The third-order valence-electron chi connectivity index (χ3n) is 5.62. The van der Waals surface area contributed by atoms with Gasteiger partial charge in [0.15, 0.2) is 17.1 Å². The van der Waals surface area contributed by atoms with E-state index in [1.54, 1.807) is 6.20 Å². The number of amides is 1. The number of rotatable bonds is 7. The number of fused-ring (bicyclic) bond motifs is 1. The highest BCUT2D eigenvalue weighted by molar-refractivity contribution is 6.05. The average molecular weight is 423 g/mol. The van der Waals surface area contributed by atoms with E-state index in [1.807, 2.05) is 48.9 Å². The Labute approximate surface area is 182 Å². The number of carbonyl (C=O) groups excluding carboxylic acids is 1. The highest BCUT2D eigenvalue weighted by Gasteiger charge is 2.32. The van der Waals surface area contributed by atoms with Crippen LogP contribution in [0.15, 0.2) is 36.5 Å². The predicted molar refractivity (Wildman–Crippen MR) is 120 cm³/mol. The third kappa shape index (κ3) is 4.36. The lowest BCUT2D eigenvalue weighted by Gasteiger charge is -2.23. The monoisotopic (exact) mass is 422 g/mol. The van der Waals surface area contributed by atoms with Crippen LogP contribution in [0, 0.1) is 6.92 Å². The van der Waals surface area contributed by atoms with E-state index in [4.69, 9.17) is 9.47 Å². The number of aromatic nitrogens is 3. The number of aryl methyl sites for hydroxylation is 1. The Morgan fingerprint density at radius 1 is 1.26 bits per heavy atom. The molecule has 1 aliphatic carbocycles. The van der Waals surface area contributed by atoms with E-state index in [2.05, 4.69) is 29.2 Å². The number of benzene rings is 1. The molecule has 2 aromatic heterocycles. The van der Waals surface area contributed by atoms with Gasteiger partial charge in [0.05, 0.1) is 29.8 Å². The molecule has 7 heteroatoms. The van der Waals surface area contributed by atoms with E-state index < -0.39 is 0 Å². The highest BCUT2D eigenvalue weighted by atomic mass is 16.5. The van der Waals surface area contributed by atoms with Gasteiger partial charge in [-0.05, 0) is 65.2 Å². The molecule has 1 fully saturated rings. The zero-order chi connectivity index (χ0) is 22.0. The Morgan fingerprint density at radius 3 is 2.77 bits per heavy atom. The fourth-order valence-corrected chi connectivity index (χ4v) is 4.17. The van der Waals surface area contributed by atoms with E-state index >= 15 is 0 Å².